The molecule has 0 aliphatic carbocycles. The summed E-state index contributed by atoms with van der Waals surface area (Å²) in [5.74, 6) is 0.119. The topological polar surface area (TPSA) is 76.9 Å². The van der Waals surface area contributed by atoms with Gasteiger partial charge >= 0.3 is 0 Å². The van der Waals surface area contributed by atoms with Crippen molar-refractivity contribution in [2.75, 3.05) is 0 Å². The van der Waals surface area contributed by atoms with Crippen molar-refractivity contribution in [1.29, 1.82) is 0 Å². The monoisotopic (exact) mass is 348 g/mol. The van der Waals surface area contributed by atoms with Crippen molar-refractivity contribution in [3.63, 3.8) is 0 Å². The number of aromatic nitrogens is 3. The molecule has 0 aliphatic heterocycles. The highest BCUT2D eigenvalue weighted by Crippen LogP contribution is 2.22. The smallest absolute Gasteiger partial charge is 0.241 e. The number of rotatable bonds is 5. The molecule has 1 N–H and O–H groups in total. The molecule has 0 spiro atoms. The van der Waals surface area contributed by atoms with E-state index in [1.807, 2.05) is 17.6 Å². The Morgan fingerprint density at radius 3 is 2.62 bits per heavy atom. The van der Waals surface area contributed by atoms with E-state index in [0.29, 0.717) is 17.9 Å². The molecule has 1 aromatic carbocycles. The molecular weight excluding hydrogens is 331 g/mol. The SMILES string of the molecule is CCn1c(C(C)NS(=O)(=O)c2ccc(F)cc2)nc2cnccc21. The van der Waals surface area contributed by atoms with E-state index in [4.69, 9.17) is 0 Å². The number of fused-ring (bicyclic) bond motifs is 1. The van der Waals surface area contributed by atoms with E-state index in [1.165, 1.54) is 12.1 Å². The quantitative estimate of drug-likeness (QED) is 0.769. The van der Waals surface area contributed by atoms with E-state index in [2.05, 4.69) is 14.7 Å². The van der Waals surface area contributed by atoms with Gasteiger partial charge in [0.2, 0.25) is 10.0 Å². The largest absolute Gasteiger partial charge is 0.327 e. The molecule has 0 saturated carbocycles. The van der Waals surface area contributed by atoms with Crippen molar-refractivity contribution < 1.29 is 12.8 Å². The highest BCUT2D eigenvalue weighted by atomic mass is 32.2. The zero-order valence-corrected chi connectivity index (χ0v) is 14.1. The third kappa shape index (κ3) is 3.02. The van der Waals surface area contributed by atoms with E-state index < -0.39 is 21.9 Å². The first-order valence-electron chi connectivity index (χ1n) is 7.50. The van der Waals surface area contributed by atoms with Gasteiger partial charge in [-0.2, -0.15) is 0 Å². The minimum Gasteiger partial charge on any atom is -0.327 e. The van der Waals surface area contributed by atoms with Gasteiger partial charge in [-0.25, -0.2) is 22.5 Å². The van der Waals surface area contributed by atoms with E-state index in [9.17, 15) is 12.8 Å². The fourth-order valence-corrected chi connectivity index (χ4v) is 3.83. The summed E-state index contributed by atoms with van der Waals surface area (Å²) in [5.41, 5.74) is 1.61. The lowest BCUT2D eigenvalue weighted by molar-refractivity contribution is 0.549. The Morgan fingerprint density at radius 1 is 1.25 bits per heavy atom. The predicted molar refractivity (Wildman–Crippen MR) is 88.3 cm³/mol. The minimum absolute atomic E-state index is 0.0107. The van der Waals surface area contributed by atoms with Crippen LogP contribution in [-0.2, 0) is 16.6 Å². The fraction of sp³-hybridized carbons (Fsp3) is 0.250. The number of aryl methyl sites for hydroxylation is 1. The molecule has 0 radical (unpaired) electrons. The molecule has 1 unspecified atom stereocenters. The molecule has 0 aliphatic rings. The molecule has 3 aromatic rings. The zero-order chi connectivity index (χ0) is 17.3. The summed E-state index contributed by atoms with van der Waals surface area (Å²) in [6.07, 6.45) is 3.32. The van der Waals surface area contributed by atoms with Gasteiger partial charge in [-0.05, 0) is 44.2 Å². The first kappa shape index (κ1) is 16.5. The van der Waals surface area contributed by atoms with Crippen LogP contribution in [0.5, 0.6) is 0 Å². The Bertz CT molecular complexity index is 967. The molecule has 0 amide bonds. The lowest BCUT2D eigenvalue weighted by Crippen LogP contribution is -2.28. The van der Waals surface area contributed by atoms with Crippen LogP contribution in [0.3, 0.4) is 0 Å². The number of imidazole rings is 1. The third-order valence-electron chi connectivity index (χ3n) is 3.74. The van der Waals surface area contributed by atoms with Gasteiger partial charge in [-0.3, -0.25) is 4.98 Å². The maximum absolute atomic E-state index is 13.0. The third-order valence-corrected chi connectivity index (χ3v) is 5.30. The van der Waals surface area contributed by atoms with Crippen molar-refractivity contribution in [1.82, 2.24) is 19.3 Å². The van der Waals surface area contributed by atoms with E-state index in [0.717, 1.165) is 17.6 Å². The van der Waals surface area contributed by atoms with Crippen LogP contribution < -0.4 is 4.72 Å². The summed E-state index contributed by atoms with van der Waals surface area (Å²) in [5, 5.41) is 0. The Kier molecular flexibility index (Phi) is 4.33. The predicted octanol–water partition coefficient (Wildman–Crippen LogP) is 2.63. The summed E-state index contributed by atoms with van der Waals surface area (Å²) in [6.45, 7) is 4.34. The van der Waals surface area contributed by atoms with Gasteiger partial charge in [0.1, 0.15) is 17.2 Å². The van der Waals surface area contributed by atoms with Gasteiger partial charge < -0.3 is 4.57 Å². The molecule has 0 bridgehead atoms. The van der Waals surface area contributed by atoms with Crippen molar-refractivity contribution in [3.05, 3.63) is 54.4 Å². The second-order valence-electron chi connectivity index (χ2n) is 5.38. The van der Waals surface area contributed by atoms with Crippen LogP contribution >= 0.6 is 0 Å². The number of benzene rings is 1. The maximum Gasteiger partial charge on any atom is 0.241 e. The molecule has 2 heterocycles. The number of sulfonamides is 1. The second-order valence-corrected chi connectivity index (χ2v) is 7.09. The standard InChI is InChI=1S/C16H17FN4O2S/c1-3-21-15-8-9-18-10-14(15)19-16(21)11(2)20-24(22,23)13-6-4-12(17)5-7-13/h4-11,20H,3H2,1-2H3. The molecule has 0 saturated heterocycles. The van der Waals surface area contributed by atoms with Crippen LogP contribution in [0.15, 0.2) is 47.6 Å². The molecule has 1 atom stereocenters. The summed E-state index contributed by atoms with van der Waals surface area (Å²) < 4.78 is 42.4. The van der Waals surface area contributed by atoms with Crippen LogP contribution in [0.1, 0.15) is 25.7 Å². The van der Waals surface area contributed by atoms with Crippen LogP contribution in [0.4, 0.5) is 4.39 Å². The number of hydrogen-bond acceptors (Lipinski definition) is 4. The summed E-state index contributed by atoms with van der Waals surface area (Å²) >= 11 is 0. The Labute approximate surface area is 139 Å². The molecule has 0 fully saturated rings. The van der Waals surface area contributed by atoms with Gasteiger partial charge in [0, 0.05) is 12.7 Å². The van der Waals surface area contributed by atoms with Crippen LogP contribution in [0, 0.1) is 5.82 Å². The average Bonchev–Trinajstić information content (AvgIpc) is 2.93. The Hall–Kier alpha value is -2.32. The average molecular weight is 348 g/mol. The Balaban J connectivity index is 1.95. The van der Waals surface area contributed by atoms with Gasteiger partial charge in [0.15, 0.2) is 0 Å². The van der Waals surface area contributed by atoms with E-state index in [-0.39, 0.29) is 4.90 Å². The van der Waals surface area contributed by atoms with Gasteiger partial charge in [0.25, 0.3) is 0 Å². The fourth-order valence-electron chi connectivity index (χ4n) is 2.63. The van der Waals surface area contributed by atoms with Crippen molar-refractivity contribution in [3.8, 4) is 0 Å². The van der Waals surface area contributed by atoms with Crippen LogP contribution in [0.2, 0.25) is 0 Å². The summed E-state index contributed by atoms with van der Waals surface area (Å²) in [7, 11) is -3.77. The van der Waals surface area contributed by atoms with Gasteiger partial charge in [-0.1, -0.05) is 0 Å². The number of nitrogens with zero attached hydrogens (tertiary/aromatic N) is 3. The van der Waals surface area contributed by atoms with E-state index >= 15 is 0 Å². The molecule has 126 valence electrons. The number of hydrogen-bond donors (Lipinski definition) is 1. The number of halogens is 1. The molecular formula is C16H17FN4O2S. The highest BCUT2D eigenvalue weighted by Gasteiger charge is 2.22. The lowest BCUT2D eigenvalue weighted by Gasteiger charge is -2.15. The maximum atomic E-state index is 13.0. The van der Waals surface area contributed by atoms with Gasteiger partial charge in [0.05, 0.1) is 22.7 Å². The van der Waals surface area contributed by atoms with Crippen LogP contribution in [0.25, 0.3) is 11.0 Å². The first-order valence-corrected chi connectivity index (χ1v) is 8.98. The van der Waals surface area contributed by atoms with Crippen LogP contribution in [-0.4, -0.2) is 23.0 Å². The first-order chi connectivity index (χ1) is 11.4. The second kappa shape index (κ2) is 6.29. The molecule has 24 heavy (non-hydrogen) atoms. The van der Waals surface area contributed by atoms with Gasteiger partial charge in [-0.15, -0.1) is 0 Å². The zero-order valence-electron chi connectivity index (χ0n) is 13.3. The molecule has 2 aromatic heterocycles. The molecule has 8 heteroatoms. The molecule has 3 rings (SSSR count). The Morgan fingerprint density at radius 2 is 1.96 bits per heavy atom. The van der Waals surface area contributed by atoms with Crippen molar-refractivity contribution in [2.24, 2.45) is 0 Å². The lowest BCUT2D eigenvalue weighted by atomic mass is 10.3. The van der Waals surface area contributed by atoms with Crippen molar-refractivity contribution in [2.45, 2.75) is 31.3 Å². The minimum atomic E-state index is -3.77. The highest BCUT2D eigenvalue weighted by molar-refractivity contribution is 7.89. The summed E-state index contributed by atoms with van der Waals surface area (Å²) in [6, 6.07) is 6.00. The molecule has 6 nitrogen and oxygen atoms in total. The van der Waals surface area contributed by atoms with E-state index in [1.54, 1.807) is 19.3 Å². The number of pyridine rings is 1. The summed E-state index contributed by atoms with van der Waals surface area (Å²) in [4.78, 5) is 8.54. The normalized spacial score (nSPS) is 13.3. The number of nitrogens with one attached hydrogen (secondary N) is 1. The van der Waals surface area contributed by atoms with Crippen molar-refractivity contribution >= 4 is 21.1 Å².